The molecule has 106 valence electrons. The summed E-state index contributed by atoms with van der Waals surface area (Å²) in [7, 11) is 0.223. The summed E-state index contributed by atoms with van der Waals surface area (Å²) in [5, 5.41) is -0.746. The van der Waals surface area contributed by atoms with Crippen molar-refractivity contribution in [1.82, 2.24) is 9.21 Å². The summed E-state index contributed by atoms with van der Waals surface area (Å²) in [6, 6.07) is 0.300. The molecule has 5 nitrogen and oxygen atoms in total. The summed E-state index contributed by atoms with van der Waals surface area (Å²) in [6.45, 7) is 3.33. The third kappa shape index (κ3) is 3.40. The van der Waals surface area contributed by atoms with Crippen molar-refractivity contribution >= 4 is 27.2 Å². The molecule has 2 unspecified atom stereocenters. The predicted octanol–water partition coefficient (Wildman–Crippen LogP) is 0.407. The lowest BCUT2D eigenvalue weighted by Gasteiger charge is -2.28. The smallest absolute Gasteiger partial charge is 0.223 e. The molecule has 0 amide bonds. The highest BCUT2D eigenvalue weighted by molar-refractivity contribution is 7.92. The van der Waals surface area contributed by atoms with Crippen LogP contribution < -0.4 is 5.73 Å². The molecule has 1 aliphatic heterocycles. The van der Waals surface area contributed by atoms with Crippen LogP contribution in [0.5, 0.6) is 0 Å². The normalized spacial score (nSPS) is 23.4. The highest BCUT2D eigenvalue weighted by atomic mass is 32.2. The van der Waals surface area contributed by atoms with Crippen LogP contribution in [0.25, 0.3) is 0 Å². The van der Waals surface area contributed by atoms with Crippen molar-refractivity contribution in [2.45, 2.75) is 37.5 Å². The van der Waals surface area contributed by atoms with Crippen molar-refractivity contribution in [3.63, 3.8) is 0 Å². The van der Waals surface area contributed by atoms with Gasteiger partial charge in [0, 0.05) is 19.6 Å². The van der Waals surface area contributed by atoms with E-state index in [2.05, 4.69) is 4.90 Å². The van der Waals surface area contributed by atoms with Crippen molar-refractivity contribution in [3.05, 3.63) is 0 Å². The van der Waals surface area contributed by atoms with Crippen LogP contribution in [0.2, 0.25) is 0 Å². The van der Waals surface area contributed by atoms with E-state index in [1.54, 1.807) is 14.0 Å². The monoisotopic (exact) mass is 293 g/mol. The molecule has 0 aromatic rings. The SMILES string of the molecule is CCC(C(N)=S)S(=O)(=O)N(C)CC1CCCN1C. The van der Waals surface area contributed by atoms with Crippen molar-refractivity contribution < 1.29 is 8.42 Å². The largest absolute Gasteiger partial charge is 0.392 e. The molecular weight excluding hydrogens is 270 g/mol. The molecule has 0 spiro atoms. The number of rotatable bonds is 6. The number of likely N-dealkylation sites (tertiary alicyclic amines) is 1. The topological polar surface area (TPSA) is 66.6 Å². The quantitative estimate of drug-likeness (QED) is 0.718. The van der Waals surface area contributed by atoms with Gasteiger partial charge in [0.2, 0.25) is 10.0 Å². The summed E-state index contributed by atoms with van der Waals surface area (Å²) in [5.74, 6) is 0. The lowest BCUT2D eigenvalue weighted by atomic mass is 10.2. The van der Waals surface area contributed by atoms with Gasteiger partial charge in [-0.05, 0) is 32.9 Å². The molecule has 1 heterocycles. The Morgan fingerprint density at radius 3 is 2.61 bits per heavy atom. The zero-order chi connectivity index (χ0) is 13.9. The van der Waals surface area contributed by atoms with Gasteiger partial charge in [0.15, 0.2) is 0 Å². The van der Waals surface area contributed by atoms with Crippen LogP contribution in [-0.4, -0.2) is 61.1 Å². The molecule has 1 fully saturated rings. The first kappa shape index (κ1) is 15.8. The molecule has 0 aromatic heterocycles. The summed E-state index contributed by atoms with van der Waals surface area (Å²) < 4.78 is 26.1. The molecule has 0 aromatic carbocycles. The maximum Gasteiger partial charge on any atom is 0.223 e. The Kier molecular flexibility index (Phi) is 5.51. The first-order valence-corrected chi connectivity index (χ1v) is 8.16. The minimum Gasteiger partial charge on any atom is -0.392 e. The molecule has 0 saturated carbocycles. The zero-order valence-electron chi connectivity index (χ0n) is 11.3. The Hall–Kier alpha value is -0.240. The molecule has 2 N–H and O–H groups in total. The van der Waals surface area contributed by atoms with E-state index < -0.39 is 15.3 Å². The third-order valence-electron chi connectivity index (χ3n) is 3.62. The molecule has 0 aliphatic carbocycles. The Labute approximate surface area is 115 Å². The number of sulfonamides is 1. The third-order valence-corrected chi connectivity index (χ3v) is 6.38. The Balaban J connectivity index is 2.75. The molecule has 1 saturated heterocycles. The van der Waals surface area contributed by atoms with Gasteiger partial charge in [0.25, 0.3) is 0 Å². The van der Waals surface area contributed by atoms with E-state index in [1.807, 2.05) is 7.05 Å². The fourth-order valence-electron chi connectivity index (χ4n) is 2.39. The summed E-state index contributed by atoms with van der Waals surface area (Å²) in [6.07, 6.45) is 2.59. The van der Waals surface area contributed by atoms with Crippen LogP contribution in [-0.2, 0) is 10.0 Å². The summed E-state index contributed by atoms with van der Waals surface area (Å²) in [5.41, 5.74) is 5.52. The first-order valence-electron chi connectivity index (χ1n) is 6.25. The van der Waals surface area contributed by atoms with E-state index in [0.29, 0.717) is 19.0 Å². The van der Waals surface area contributed by atoms with E-state index in [4.69, 9.17) is 18.0 Å². The van der Waals surface area contributed by atoms with Crippen LogP contribution in [0.4, 0.5) is 0 Å². The number of thiocarbonyl (C=S) groups is 1. The number of hydrogen-bond donors (Lipinski definition) is 1. The van der Waals surface area contributed by atoms with Gasteiger partial charge in [-0.1, -0.05) is 19.1 Å². The van der Waals surface area contributed by atoms with Crippen molar-refractivity contribution in [1.29, 1.82) is 0 Å². The van der Waals surface area contributed by atoms with Gasteiger partial charge < -0.3 is 10.6 Å². The van der Waals surface area contributed by atoms with Gasteiger partial charge in [0.1, 0.15) is 5.25 Å². The molecule has 7 heteroatoms. The van der Waals surface area contributed by atoms with Crippen LogP contribution in [0.15, 0.2) is 0 Å². The number of nitrogens with zero attached hydrogens (tertiary/aromatic N) is 2. The molecular formula is C11H23N3O2S2. The Morgan fingerprint density at radius 2 is 2.22 bits per heavy atom. The average molecular weight is 293 g/mol. The first-order chi connectivity index (χ1) is 8.30. The highest BCUT2D eigenvalue weighted by Gasteiger charge is 2.33. The lowest BCUT2D eigenvalue weighted by Crippen LogP contribution is -2.46. The van der Waals surface area contributed by atoms with E-state index in [0.717, 1.165) is 19.4 Å². The minimum absolute atomic E-state index is 0.0594. The van der Waals surface area contributed by atoms with E-state index in [1.165, 1.54) is 4.31 Å². The average Bonchev–Trinajstić information content (AvgIpc) is 2.64. The van der Waals surface area contributed by atoms with Crippen molar-refractivity contribution in [2.75, 3.05) is 27.2 Å². The van der Waals surface area contributed by atoms with E-state index in [9.17, 15) is 8.42 Å². The zero-order valence-corrected chi connectivity index (χ0v) is 12.9. The minimum atomic E-state index is -3.42. The summed E-state index contributed by atoms with van der Waals surface area (Å²) >= 11 is 4.85. The lowest BCUT2D eigenvalue weighted by molar-refractivity contribution is 0.270. The Morgan fingerprint density at radius 1 is 1.61 bits per heavy atom. The second-order valence-electron chi connectivity index (χ2n) is 4.90. The molecule has 0 radical (unpaired) electrons. The van der Waals surface area contributed by atoms with Crippen LogP contribution in [0.3, 0.4) is 0 Å². The summed E-state index contributed by atoms with van der Waals surface area (Å²) in [4.78, 5) is 2.26. The van der Waals surface area contributed by atoms with Gasteiger partial charge >= 0.3 is 0 Å². The maximum absolute atomic E-state index is 12.3. The molecule has 2 atom stereocenters. The number of hydrogen-bond acceptors (Lipinski definition) is 4. The second kappa shape index (κ2) is 6.27. The van der Waals surface area contributed by atoms with Crippen LogP contribution in [0, 0.1) is 0 Å². The number of likely N-dealkylation sites (N-methyl/N-ethyl adjacent to an activating group) is 2. The molecule has 0 bridgehead atoms. The second-order valence-corrected chi connectivity index (χ2v) is 7.60. The molecule has 18 heavy (non-hydrogen) atoms. The van der Waals surface area contributed by atoms with Crippen LogP contribution in [0.1, 0.15) is 26.2 Å². The fraction of sp³-hybridized carbons (Fsp3) is 0.909. The van der Waals surface area contributed by atoms with Gasteiger partial charge in [-0.15, -0.1) is 0 Å². The molecule has 1 rings (SSSR count). The highest BCUT2D eigenvalue weighted by Crippen LogP contribution is 2.19. The van der Waals surface area contributed by atoms with Gasteiger partial charge in [-0.2, -0.15) is 0 Å². The fourth-order valence-corrected chi connectivity index (χ4v) is 4.45. The van der Waals surface area contributed by atoms with Crippen molar-refractivity contribution in [3.8, 4) is 0 Å². The van der Waals surface area contributed by atoms with Crippen LogP contribution >= 0.6 is 12.2 Å². The van der Waals surface area contributed by atoms with Gasteiger partial charge in [-0.25, -0.2) is 12.7 Å². The van der Waals surface area contributed by atoms with E-state index >= 15 is 0 Å². The van der Waals surface area contributed by atoms with Gasteiger partial charge in [0.05, 0.1) is 4.99 Å². The Bertz CT molecular complexity index is 397. The number of nitrogens with two attached hydrogens (primary N) is 1. The maximum atomic E-state index is 12.3. The standard InChI is InChI=1S/C11H23N3O2S2/c1-4-10(11(12)17)18(15,16)14(3)8-9-6-5-7-13(9)2/h9-10H,4-8H2,1-3H3,(H2,12,17). The van der Waals surface area contributed by atoms with Crippen molar-refractivity contribution in [2.24, 2.45) is 5.73 Å². The predicted molar refractivity (Wildman–Crippen MR) is 78.1 cm³/mol. The molecule has 1 aliphatic rings. The van der Waals surface area contributed by atoms with E-state index in [-0.39, 0.29) is 4.99 Å². The van der Waals surface area contributed by atoms with Gasteiger partial charge in [-0.3, -0.25) is 0 Å².